The molecule has 1 amide bonds. The quantitative estimate of drug-likeness (QED) is 0.642. The summed E-state index contributed by atoms with van der Waals surface area (Å²) in [5, 5.41) is 4.24. The number of carbonyl (C=O) groups excluding carboxylic acids is 1. The van der Waals surface area contributed by atoms with Crippen LogP contribution in [0.4, 0.5) is 10.5 Å². The van der Waals surface area contributed by atoms with Crippen LogP contribution in [0.2, 0.25) is 5.02 Å². The fourth-order valence-corrected chi connectivity index (χ4v) is 3.91. The molecular weight excluding hydrogens is 384 g/mol. The summed E-state index contributed by atoms with van der Waals surface area (Å²) in [7, 11) is 0. The average molecular weight is 415 g/mol. The van der Waals surface area contributed by atoms with Gasteiger partial charge in [-0.05, 0) is 75.3 Å². The number of amides is 1. The van der Waals surface area contributed by atoms with Gasteiger partial charge in [0.1, 0.15) is 5.60 Å². The molecule has 0 radical (unpaired) electrons. The Labute approximate surface area is 179 Å². The number of rotatable bonds is 6. The fourth-order valence-electron chi connectivity index (χ4n) is 3.79. The van der Waals surface area contributed by atoms with Crippen LogP contribution in [-0.2, 0) is 11.2 Å². The van der Waals surface area contributed by atoms with E-state index in [2.05, 4.69) is 29.6 Å². The number of hydrogen-bond donors (Lipinski definition) is 1. The molecule has 1 aliphatic heterocycles. The van der Waals surface area contributed by atoms with Gasteiger partial charge in [0.25, 0.3) is 0 Å². The van der Waals surface area contributed by atoms with Crippen molar-refractivity contribution in [2.24, 2.45) is 11.8 Å². The molecular formula is C24H31ClN2O2. The zero-order valence-corrected chi connectivity index (χ0v) is 18.3. The van der Waals surface area contributed by atoms with Crippen molar-refractivity contribution in [3.05, 3.63) is 65.2 Å². The maximum absolute atomic E-state index is 12.6. The van der Waals surface area contributed by atoms with E-state index in [1.54, 1.807) is 0 Å². The largest absolute Gasteiger partial charge is 0.444 e. The Morgan fingerprint density at radius 2 is 1.72 bits per heavy atom. The third kappa shape index (κ3) is 6.67. The van der Waals surface area contributed by atoms with Crippen LogP contribution >= 0.6 is 11.6 Å². The van der Waals surface area contributed by atoms with Gasteiger partial charge >= 0.3 is 6.09 Å². The second kappa shape index (κ2) is 9.53. The Kier molecular flexibility index (Phi) is 7.07. The smallest absolute Gasteiger partial charge is 0.410 e. The number of likely N-dealkylation sites (tertiary alicyclic amines) is 1. The number of anilines is 1. The maximum atomic E-state index is 12.6. The second-order valence-electron chi connectivity index (χ2n) is 8.82. The Morgan fingerprint density at radius 3 is 2.38 bits per heavy atom. The summed E-state index contributed by atoms with van der Waals surface area (Å²) in [4.78, 5) is 14.5. The number of benzene rings is 2. The standard InChI is InChI=1S/C24H31ClN2O2/c1-24(2,3)29-23(28)27-16-19(10-9-18-7-5-4-6-8-18)20(17-27)15-26-22-13-11-21(25)12-14-22/h4-8,11-14,19-20,26H,9-10,15-17H2,1-3H3/t19-,20+/m1/s1. The lowest BCUT2D eigenvalue weighted by Gasteiger charge is -2.24. The van der Waals surface area contributed by atoms with E-state index in [-0.39, 0.29) is 6.09 Å². The number of ether oxygens (including phenoxy) is 1. The Morgan fingerprint density at radius 1 is 1.07 bits per heavy atom. The highest BCUT2D eigenvalue weighted by Crippen LogP contribution is 2.29. The van der Waals surface area contributed by atoms with Crippen LogP contribution in [0.25, 0.3) is 0 Å². The first kappa shape index (κ1) is 21.5. The molecule has 156 valence electrons. The first-order valence-corrected chi connectivity index (χ1v) is 10.7. The molecule has 1 N–H and O–H groups in total. The van der Waals surface area contributed by atoms with Crippen molar-refractivity contribution in [1.29, 1.82) is 0 Å². The predicted molar refractivity (Wildman–Crippen MR) is 119 cm³/mol. The zero-order chi connectivity index (χ0) is 20.9. The zero-order valence-electron chi connectivity index (χ0n) is 17.5. The van der Waals surface area contributed by atoms with Crippen molar-refractivity contribution < 1.29 is 9.53 Å². The Balaban J connectivity index is 1.63. The van der Waals surface area contributed by atoms with Crippen molar-refractivity contribution in [3.63, 3.8) is 0 Å². The van der Waals surface area contributed by atoms with Gasteiger partial charge in [0.2, 0.25) is 0 Å². The van der Waals surface area contributed by atoms with E-state index < -0.39 is 5.60 Å². The minimum atomic E-state index is -0.476. The van der Waals surface area contributed by atoms with Gasteiger partial charge in [-0.15, -0.1) is 0 Å². The van der Waals surface area contributed by atoms with Crippen molar-refractivity contribution in [3.8, 4) is 0 Å². The predicted octanol–water partition coefficient (Wildman–Crippen LogP) is 5.87. The number of halogens is 1. The lowest BCUT2D eigenvalue weighted by Crippen LogP contribution is -2.35. The molecule has 1 saturated heterocycles. The van der Waals surface area contributed by atoms with Crippen molar-refractivity contribution >= 4 is 23.4 Å². The van der Waals surface area contributed by atoms with Crippen LogP contribution in [-0.4, -0.2) is 36.2 Å². The van der Waals surface area contributed by atoms with Crippen molar-refractivity contribution in [2.75, 3.05) is 25.0 Å². The molecule has 0 bridgehead atoms. The Bertz CT molecular complexity index is 787. The number of nitrogens with one attached hydrogen (secondary N) is 1. The van der Waals surface area contributed by atoms with Crippen LogP contribution in [0.3, 0.4) is 0 Å². The van der Waals surface area contributed by atoms with E-state index in [1.807, 2.05) is 56.0 Å². The molecule has 1 fully saturated rings. The van der Waals surface area contributed by atoms with Crippen LogP contribution in [0, 0.1) is 11.8 Å². The van der Waals surface area contributed by atoms with E-state index >= 15 is 0 Å². The summed E-state index contributed by atoms with van der Waals surface area (Å²) >= 11 is 5.98. The van der Waals surface area contributed by atoms with Gasteiger partial charge in [-0.2, -0.15) is 0 Å². The fraction of sp³-hybridized carbons (Fsp3) is 0.458. The second-order valence-corrected chi connectivity index (χ2v) is 9.25. The highest BCUT2D eigenvalue weighted by atomic mass is 35.5. The van der Waals surface area contributed by atoms with Crippen molar-refractivity contribution in [1.82, 2.24) is 4.90 Å². The Hall–Kier alpha value is -2.20. The first-order valence-electron chi connectivity index (χ1n) is 10.3. The highest BCUT2D eigenvalue weighted by Gasteiger charge is 2.36. The van der Waals surface area contributed by atoms with Crippen LogP contribution < -0.4 is 5.32 Å². The third-order valence-corrected chi connectivity index (χ3v) is 5.54. The molecule has 1 aliphatic rings. The number of nitrogens with zero attached hydrogens (tertiary/aromatic N) is 1. The van der Waals surface area contributed by atoms with Crippen molar-refractivity contribution in [2.45, 2.75) is 39.2 Å². The maximum Gasteiger partial charge on any atom is 0.410 e. The molecule has 5 heteroatoms. The molecule has 0 saturated carbocycles. The summed E-state index contributed by atoms with van der Waals surface area (Å²) in [6, 6.07) is 18.3. The van der Waals surface area contributed by atoms with Gasteiger partial charge < -0.3 is 15.0 Å². The van der Waals surface area contributed by atoms with Gasteiger partial charge in [-0.1, -0.05) is 41.9 Å². The van der Waals surface area contributed by atoms with E-state index in [0.717, 1.165) is 43.2 Å². The van der Waals surface area contributed by atoms with Crippen LogP contribution in [0.1, 0.15) is 32.8 Å². The highest BCUT2D eigenvalue weighted by molar-refractivity contribution is 6.30. The monoisotopic (exact) mass is 414 g/mol. The van der Waals surface area contributed by atoms with E-state index in [9.17, 15) is 4.79 Å². The summed E-state index contributed by atoms with van der Waals surface area (Å²) in [6.45, 7) is 8.01. The molecule has 4 nitrogen and oxygen atoms in total. The first-order chi connectivity index (χ1) is 13.8. The molecule has 3 rings (SSSR count). The lowest BCUT2D eigenvalue weighted by molar-refractivity contribution is 0.0284. The topological polar surface area (TPSA) is 41.6 Å². The molecule has 0 spiro atoms. The summed E-state index contributed by atoms with van der Waals surface area (Å²) in [6.07, 6.45) is 1.86. The summed E-state index contributed by atoms with van der Waals surface area (Å²) < 4.78 is 5.61. The average Bonchev–Trinajstić information content (AvgIpc) is 3.09. The number of carbonyl (C=O) groups is 1. The lowest BCUT2D eigenvalue weighted by atomic mass is 9.90. The number of hydrogen-bond acceptors (Lipinski definition) is 3. The van der Waals surface area contributed by atoms with E-state index in [0.29, 0.717) is 11.8 Å². The minimum absolute atomic E-state index is 0.212. The molecule has 2 aromatic rings. The van der Waals surface area contributed by atoms with E-state index in [4.69, 9.17) is 16.3 Å². The molecule has 2 atom stereocenters. The number of aryl methyl sites for hydroxylation is 1. The van der Waals surface area contributed by atoms with Gasteiger partial charge in [0, 0.05) is 30.3 Å². The van der Waals surface area contributed by atoms with Gasteiger partial charge in [0.15, 0.2) is 0 Å². The molecule has 1 heterocycles. The normalized spacial score (nSPS) is 19.2. The molecule has 2 aromatic carbocycles. The molecule has 0 aliphatic carbocycles. The van der Waals surface area contributed by atoms with Gasteiger partial charge in [0.05, 0.1) is 0 Å². The molecule has 0 unspecified atom stereocenters. The SMILES string of the molecule is CC(C)(C)OC(=O)N1C[C@@H](CCc2ccccc2)[C@@H](CNc2ccc(Cl)cc2)C1. The van der Waals surface area contributed by atoms with Crippen LogP contribution in [0.15, 0.2) is 54.6 Å². The molecule has 0 aromatic heterocycles. The third-order valence-electron chi connectivity index (χ3n) is 5.29. The minimum Gasteiger partial charge on any atom is -0.444 e. The summed E-state index contributed by atoms with van der Waals surface area (Å²) in [5.41, 5.74) is 1.91. The van der Waals surface area contributed by atoms with Crippen LogP contribution in [0.5, 0.6) is 0 Å². The summed E-state index contributed by atoms with van der Waals surface area (Å²) in [5.74, 6) is 0.810. The van der Waals surface area contributed by atoms with Gasteiger partial charge in [-0.3, -0.25) is 0 Å². The molecule has 29 heavy (non-hydrogen) atoms. The van der Waals surface area contributed by atoms with E-state index in [1.165, 1.54) is 5.56 Å². The van der Waals surface area contributed by atoms with Gasteiger partial charge in [-0.25, -0.2) is 4.79 Å².